The second kappa shape index (κ2) is 6.41. The van der Waals surface area contributed by atoms with Crippen molar-refractivity contribution in [3.63, 3.8) is 0 Å². The standard InChI is InChI=1S/C12H21F3N2O/c1-17(2)11(18)6-7-16-10-5-3-4-9(8-10)12(13,14)15/h9-10,16H,3-8H2,1-2H3. The second-order valence-electron chi connectivity index (χ2n) is 5.09. The van der Waals surface area contributed by atoms with Crippen molar-refractivity contribution in [2.45, 2.75) is 44.3 Å². The van der Waals surface area contributed by atoms with Crippen molar-refractivity contribution in [2.75, 3.05) is 20.6 Å². The third kappa shape index (κ3) is 4.84. The van der Waals surface area contributed by atoms with Crippen molar-refractivity contribution in [1.82, 2.24) is 10.2 Å². The number of nitrogens with one attached hydrogen (secondary N) is 1. The van der Waals surface area contributed by atoms with E-state index in [1.165, 1.54) is 4.90 Å². The molecule has 6 heteroatoms. The van der Waals surface area contributed by atoms with E-state index in [1.54, 1.807) is 14.1 Å². The van der Waals surface area contributed by atoms with Gasteiger partial charge in [0.1, 0.15) is 0 Å². The summed E-state index contributed by atoms with van der Waals surface area (Å²) in [6.45, 7) is 0.451. The van der Waals surface area contributed by atoms with Crippen LogP contribution in [-0.2, 0) is 4.79 Å². The summed E-state index contributed by atoms with van der Waals surface area (Å²) < 4.78 is 37.7. The van der Waals surface area contributed by atoms with Crippen molar-refractivity contribution in [1.29, 1.82) is 0 Å². The van der Waals surface area contributed by atoms with E-state index in [4.69, 9.17) is 0 Å². The van der Waals surface area contributed by atoms with Crippen molar-refractivity contribution < 1.29 is 18.0 Å². The Kier molecular flexibility index (Phi) is 5.44. The van der Waals surface area contributed by atoms with Gasteiger partial charge in [-0.2, -0.15) is 13.2 Å². The molecule has 2 atom stereocenters. The van der Waals surface area contributed by atoms with E-state index in [9.17, 15) is 18.0 Å². The molecule has 3 nitrogen and oxygen atoms in total. The molecular weight excluding hydrogens is 245 g/mol. The van der Waals surface area contributed by atoms with E-state index in [-0.39, 0.29) is 24.8 Å². The van der Waals surface area contributed by atoms with Crippen molar-refractivity contribution in [3.05, 3.63) is 0 Å². The zero-order chi connectivity index (χ0) is 13.8. The summed E-state index contributed by atoms with van der Waals surface area (Å²) in [7, 11) is 3.34. The molecule has 1 aliphatic carbocycles. The highest BCUT2D eigenvalue weighted by atomic mass is 19.4. The summed E-state index contributed by atoms with van der Waals surface area (Å²) in [6, 6.07) is -0.111. The third-order valence-corrected chi connectivity index (χ3v) is 3.41. The smallest absolute Gasteiger partial charge is 0.349 e. The van der Waals surface area contributed by atoms with E-state index in [0.717, 1.165) is 6.42 Å². The maximum absolute atomic E-state index is 12.6. The maximum Gasteiger partial charge on any atom is 0.391 e. The van der Waals surface area contributed by atoms with Gasteiger partial charge in [0.25, 0.3) is 0 Å². The highest BCUT2D eigenvalue weighted by Crippen LogP contribution is 2.37. The predicted molar refractivity (Wildman–Crippen MR) is 63.1 cm³/mol. The van der Waals surface area contributed by atoms with Crippen LogP contribution in [-0.4, -0.2) is 43.7 Å². The summed E-state index contributed by atoms with van der Waals surface area (Å²) in [5.74, 6) is -1.20. The first kappa shape index (κ1) is 15.3. The lowest BCUT2D eigenvalue weighted by atomic mass is 9.85. The lowest BCUT2D eigenvalue weighted by molar-refractivity contribution is -0.183. The van der Waals surface area contributed by atoms with Crippen LogP contribution in [0, 0.1) is 5.92 Å². The van der Waals surface area contributed by atoms with Gasteiger partial charge >= 0.3 is 6.18 Å². The Morgan fingerprint density at radius 3 is 2.56 bits per heavy atom. The molecule has 0 aromatic carbocycles. The molecule has 1 N–H and O–H groups in total. The van der Waals surface area contributed by atoms with Gasteiger partial charge in [-0.05, 0) is 19.3 Å². The topological polar surface area (TPSA) is 32.3 Å². The largest absolute Gasteiger partial charge is 0.391 e. The average molecular weight is 266 g/mol. The molecular formula is C12H21F3N2O. The van der Waals surface area contributed by atoms with Gasteiger partial charge in [0.15, 0.2) is 0 Å². The van der Waals surface area contributed by atoms with Gasteiger partial charge in [-0.3, -0.25) is 4.79 Å². The van der Waals surface area contributed by atoms with Crippen molar-refractivity contribution >= 4 is 5.91 Å². The molecule has 1 fully saturated rings. The first-order valence-corrected chi connectivity index (χ1v) is 6.31. The van der Waals surface area contributed by atoms with Crippen LogP contribution in [0.5, 0.6) is 0 Å². The molecule has 1 aliphatic rings. The number of rotatable bonds is 4. The summed E-state index contributed by atoms with van der Waals surface area (Å²) in [4.78, 5) is 12.8. The number of carbonyl (C=O) groups excluding carboxylic acids is 1. The zero-order valence-electron chi connectivity index (χ0n) is 10.9. The first-order valence-electron chi connectivity index (χ1n) is 6.31. The molecule has 0 aromatic rings. The molecule has 0 aliphatic heterocycles. The Bertz CT molecular complexity index is 279. The minimum atomic E-state index is -4.08. The molecule has 1 rings (SSSR count). The first-order chi connectivity index (χ1) is 8.30. The number of carbonyl (C=O) groups is 1. The fourth-order valence-corrected chi connectivity index (χ4v) is 2.28. The molecule has 0 heterocycles. The summed E-state index contributed by atoms with van der Waals surface area (Å²) in [6.07, 6.45) is -2.01. The number of halogens is 3. The second-order valence-corrected chi connectivity index (χ2v) is 5.09. The molecule has 1 saturated carbocycles. The maximum atomic E-state index is 12.6. The summed E-state index contributed by atoms with van der Waals surface area (Å²) in [5.41, 5.74) is 0. The Morgan fingerprint density at radius 1 is 1.33 bits per heavy atom. The zero-order valence-corrected chi connectivity index (χ0v) is 10.9. The number of alkyl halides is 3. The minimum absolute atomic E-state index is 0.00863. The molecule has 0 radical (unpaired) electrons. The lowest BCUT2D eigenvalue weighted by Crippen LogP contribution is -2.40. The fourth-order valence-electron chi connectivity index (χ4n) is 2.28. The van der Waals surface area contributed by atoms with E-state index < -0.39 is 12.1 Å². The van der Waals surface area contributed by atoms with Gasteiger partial charge in [-0.15, -0.1) is 0 Å². The van der Waals surface area contributed by atoms with E-state index in [1.807, 2.05) is 0 Å². The summed E-state index contributed by atoms with van der Waals surface area (Å²) in [5, 5.41) is 3.06. The highest BCUT2D eigenvalue weighted by Gasteiger charge is 2.41. The highest BCUT2D eigenvalue weighted by molar-refractivity contribution is 5.75. The molecule has 0 bridgehead atoms. The average Bonchev–Trinajstić information content (AvgIpc) is 2.28. The minimum Gasteiger partial charge on any atom is -0.349 e. The van der Waals surface area contributed by atoms with Crippen LogP contribution in [0.3, 0.4) is 0 Å². The quantitative estimate of drug-likeness (QED) is 0.846. The third-order valence-electron chi connectivity index (χ3n) is 3.41. The number of amides is 1. The van der Waals surface area contributed by atoms with E-state index in [0.29, 0.717) is 19.4 Å². The Morgan fingerprint density at radius 2 is 2.00 bits per heavy atom. The Labute approximate surface area is 106 Å². The van der Waals surface area contributed by atoms with Crippen LogP contribution < -0.4 is 5.32 Å². The van der Waals surface area contributed by atoms with Gasteiger partial charge in [0, 0.05) is 33.1 Å². The predicted octanol–water partition coefficient (Wildman–Crippen LogP) is 2.18. The summed E-state index contributed by atoms with van der Waals surface area (Å²) >= 11 is 0. The molecule has 18 heavy (non-hydrogen) atoms. The van der Waals surface area contributed by atoms with Crippen LogP contribution in [0.1, 0.15) is 32.1 Å². The molecule has 106 valence electrons. The lowest BCUT2D eigenvalue weighted by Gasteiger charge is -2.31. The van der Waals surface area contributed by atoms with Gasteiger partial charge in [-0.1, -0.05) is 6.42 Å². The van der Waals surface area contributed by atoms with Gasteiger partial charge in [0.05, 0.1) is 5.92 Å². The van der Waals surface area contributed by atoms with Crippen LogP contribution in [0.25, 0.3) is 0 Å². The Balaban J connectivity index is 2.29. The number of hydrogen-bond donors (Lipinski definition) is 1. The van der Waals surface area contributed by atoms with Crippen LogP contribution in [0.4, 0.5) is 13.2 Å². The Hall–Kier alpha value is -0.780. The van der Waals surface area contributed by atoms with E-state index >= 15 is 0 Å². The SMILES string of the molecule is CN(C)C(=O)CCNC1CCCC(C(F)(F)F)C1. The fraction of sp³-hybridized carbons (Fsp3) is 0.917. The molecule has 0 saturated heterocycles. The van der Waals surface area contributed by atoms with Crippen LogP contribution in [0.2, 0.25) is 0 Å². The van der Waals surface area contributed by atoms with Gasteiger partial charge < -0.3 is 10.2 Å². The molecule has 2 unspecified atom stereocenters. The van der Waals surface area contributed by atoms with Crippen molar-refractivity contribution in [2.24, 2.45) is 5.92 Å². The van der Waals surface area contributed by atoms with Crippen LogP contribution >= 0.6 is 0 Å². The molecule has 1 amide bonds. The normalized spacial score (nSPS) is 24.9. The van der Waals surface area contributed by atoms with Gasteiger partial charge in [0.2, 0.25) is 5.91 Å². The molecule has 0 spiro atoms. The van der Waals surface area contributed by atoms with Crippen molar-refractivity contribution in [3.8, 4) is 0 Å². The van der Waals surface area contributed by atoms with E-state index in [2.05, 4.69) is 5.32 Å². The molecule has 0 aromatic heterocycles. The van der Waals surface area contributed by atoms with Gasteiger partial charge in [-0.25, -0.2) is 0 Å². The number of hydrogen-bond acceptors (Lipinski definition) is 2. The van der Waals surface area contributed by atoms with Crippen LogP contribution in [0.15, 0.2) is 0 Å². The number of nitrogens with zero attached hydrogens (tertiary/aromatic N) is 1. The monoisotopic (exact) mass is 266 g/mol.